The molecule has 0 aromatic rings. The molecule has 2 saturated heterocycles. The number of hydrogen-bond acceptors (Lipinski definition) is 2. The predicted molar refractivity (Wildman–Crippen MR) is 72.6 cm³/mol. The predicted octanol–water partition coefficient (Wildman–Crippen LogP) is 1.93. The van der Waals surface area contributed by atoms with Crippen molar-refractivity contribution in [3.8, 4) is 0 Å². The van der Waals surface area contributed by atoms with Gasteiger partial charge in [0.2, 0.25) is 11.8 Å². The van der Waals surface area contributed by atoms with E-state index in [1.165, 1.54) is 25.7 Å². The van der Waals surface area contributed by atoms with Gasteiger partial charge in [0.05, 0.1) is 0 Å². The number of carbonyl (C=O) groups excluding carboxylic acids is 2. The third kappa shape index (κ3) is 2.49. The van der Waals surface area contributed by atoms with Gasteiger partial charge >= 0.3 is 0 Å². The molecule has 3 fully saturated rings. The number of carbonyl (C=O) groups is 2. The molecule has 1 saturated carbocycles. The lowest BCUT2D eigenvalue weighted by Gasteiger charge is -2.32. The van der Waals surface area contributed by atoms with Crippen LogP contribution in [0.25, 0.3) is 0 Å². The molecular formula is C15H24N2O2. The first-order chi connectivity index (χ1) is 9.27. The summed E-state index contributed by atoms with van der Waals surface area (Å²) in [6.07, 6.45) is 9.71. The molecule has 3 rings (SSSR count). The smallest absolute Gasteiger partial charge is 0.245 e. The number of nitrogens with zero attached hydrogens (tertiary/aromatic N) is 2. The maximum atomic E-state index is 12.7. The molecular weight excluding hydrogens is 240 g/mol. The van der Waals surface area contributed by atoms with Crippen LogP contribution >= 0.6 is 0 Å². The highest BCUT2D eigenvalue weighted by atomic mass is 16.2. The maximum Gasteiger partial charge on any atom is 0.245 e. The van der Waals surface area contributed by atoms with Gasteiger partial charge in [0.15, 0.2) is 0 Å². The van der Waals surface area contributed by atoms with Crippen molar-refractivity contribution in [3.05, 3.63) is 0 Å². The Morgan fingerprint density at radius 1 is 0.789 bits per heavy atom. The Morgan fingerprint density at radius 2 is 1.53 bits per heavy atom. The van der Waals surface area contributed by atoms with Crippen molar-refractivity contribution in [1.29, 1.82) is 0 Å². The first-order valence-corrected chi connectivity index (χ1v) is 7.87. The fourth-order valence-electron chi connectivity index (χ4n) is 3.92. The monoisotopic (exact) mass is 264 g/mol. The lowest BCUT2D eigenvalue weighted by atomic mass is 10.1. The van der Waals surface area contributed by atoms with Gasteiger partial charge in [-0.3, -0.25) is 9.59 Å². The summed E-state index contributed by atoms with van der Waals surface area (Å²) in [5.41, 5.74) is 0. The van der Waals surface area contributed by atoms with E-state index < -0.39 is 0 Å². The number of fused-ring (bicyclic) bond motifs is 1. The molecule has 4 heteroatoms. The Labute approximate surface area is 115 Å². The Morgan fingerprint density at radius 3 is 2.26 bits per heavy atom. The first-order valence-electron chi connectivity index (χ1n) is 7.87. The van der Waals surface area contributed by atoms with E-state index in [4.69, 9.17) is 0 Å². The van der Waals surface area contributed by atoms with Gasteiger partial charge in [-0.05, 0) is 25.7 Å². The molecule has 4 nitrogen and oxygen atoms in total. The molecule has 0 N–H and O–H groups in total. The zero-order valence-electron chi connectivity index (χ0n) is 11.6. The topological polar surface area (TPSA) is 40.6 Å². The molecule has 106 valence electrons. The number of amides is 2. The molecule has 0 bridgehead atoms. The average Bonchev–Trinajstić information content (AvgIpc) is 2.70. The van der Waals surface area contributed by atoms with E-state index in [2.05, 4.69) is 4.90 Å². The van der Waals surface area contributed by atoms with Gasteiger partial charge in [-0.15, -0.1) is 0 Å². The zero-order chi connectivity index (χ0) is 13.2. The highest BCUT2D eigenvalue weighted by Crippen LogP contribution is 2.28. The summed E-state index contributed by atoms with van der Waals surface area (Å²) in [4.78, 5) is 28.7. The second kappa shape index (κ2) is 5.51. The molecule has 1 unspecified atom stereocenters. The number of hydrogen-bond donors (Lipinski definition) is 0. The molecule has 2 amide bonds. The quantitative estimate of drug-likeness (QED) is 0.679. The van der Waals surface area contributed by atoms with E-state index in [9.17, 15) is 9.59 Å². The second-order valence-corrected chi connectivity index (χ2v) is 6.17. The third-order valence-electron chi connectivity index (χ3n) is 4.97. The van der Waals surface area contributed by atoms with Gasteiger partial charge in [0.25, 0.3) is 0 Å². The van der Waals surface area contributed by atoms with Gasteiger partial charge < -0.3 is 9.80 Å². The molecule has 3 aliphatic rings. The standard InChI is InChI=1S/C15H24N2O2/c18-14-9-11-16(12-6-3-1-2-4-7-12)15(19)13-8-5-10-17(13)14/h12-13H,1-11H2. The van der Waals surface area contributed by atoms with E-state index >= 15 is 0 Å². The summed E-state index contributed by atoms with van der Waals surface area (Å²) >= 11 is 0. The first kappa shape index (κ1) is 12.9. The summed E-state index contributed by atoms with van der Waals surface area (Å²) in [5.74, 6) is 0.419. The van der Waals surface area contributed by atoms with E-state index in [0.717, 1.165) is 32.2 Å². The molecule has 0 spiro atoms. The van der Waals surface area contributed by atoms with E-state index in [1.54, 1.807) is 0 Å². The molecule has 19 heavy (non-hydrogen) atoms. The second-order valence-electron chi connectivity index (χ2n) is 6.17. The van der Waals surface area contributed by atoms with Gasteiger partial charge in [0, 0.05) is 25.6 Å². The van der Waals surface area contributed by atoms with Crippen LogP contribution in [0, 0.1) is 0 Å². The van der Waals surface area contributed by atoms with Crippen LogP contribution < -0.4 is 0 Å². The Kier molecular flexibility index (Phi) is 3.76. The third-order valence-corrected chi connectivity index (χ3v) is 4.97. The van der Waals surface area contributed by atoms with Crippen LogP contribution in [0.15, 0.2) is 0 Å². The minimum atomic E-state index is -0.141. The van der Waals surface area contributed by atoms with Crippen molar-refractivity contribution in [2.45, 2.75) is 69.9 Å². The summed E-state index contributed by atoms with van der Waals surface area (Å²) in [6, 6.07) is 0.251. The molecule has 0 radical (unpaired) electrons. The highest BCUT2D eigenvalue weighted by Gasteiger charge is 2.41. The fraction of sp³-hybridized carbons (Fsp3) is 0.867. The lowest BCUT2D eigenvalue weighted by molar-refractivity contribution is -0.140. The largest absolute Gasteiger partial charge is 0.337 e. The van der Waals surface area contributed by atoms with Crippen molar-refractivity contribution in [3.63, 3.8) is 0 Å². The van der Waals surface area contributed by atoms with Crippen LogP contribution in [0.4, 0.5) is 0 Å². The van der Waals surface area contributed by atoms with Crippen molar-refractivity contribution in [2.75, 3.05) is 13.1 Å². The summed E-state index contributed by atoms with van der Waals surface area (Å²) < 4.78 is 0. The van der Waals surface area contributed by atoms with Crippen LogP contribution in [0.2, 0.25) is 0 Å². The van der Waals surface area contributed by atoms with Crippen LogP contribution in [0.1, 0.15) is 57.8 Å². The summed E-state index contributed by atoms with van der Waals surface area (Å²) in [7, 11) is 0. The van der Waals surface area contributed by atoms with Crippen LogP contribution in [-0.2, 0) is 9.59 Å². The lowest BCUT2D eigenvalue weighted by Crippen LogP contribution is -2.47. The molecule has 2 heterocycles. The van der Waals surface area contributed by atoms with E-state index in [1.807, 2.05) is 4.90 Å². The number of rotatable bonds is 1. The summed E-state index contributed by atoms with van der Waals surface area (Å²) in [5, 5.41) is 0. The van der Waals surface area contributed by atoms with E-state index in [-0.39, 0.29) is 17.9 Å². The molecule has 1 aliphatic carbocycles. The average molecular weight is 264 g/mol. The van der Waals surface area contributed by atoms with Crippen molar-refractivity contribution >= 4 is 11.8 Å². The maximum absolute atomic E-state index is 12.7. The van der Waals surface area contributed by atoms with Crippen LogP contribution in [0.5, 0.6) is 0 Å². The van der Waals surface area contributed by atoms with Gasteiger partial charge in [-0.25, -0.2) is 0 Å². The van der Waals surface area contributed by atoms with Crippen molar-refractivity contribution in [2.24, 2.45) is 0 Å². The van der Waals surface area contributed by atoms with Crippen LogP contribution in [0.3, 0.4) is 0 Å². The normalized spacial score (nSPS) is 30.2. The minimum Gasteiger partial charge on any atom is -0.337 e. The van der Waals surface area contributed by atoms with Crippen molar-refractivity contribution in [1.82, 2.24) is 9.80 Å². The molecule has 0 aromatic carbocycles. The zero-order valence-corrected chi connectivity index (χ0v) is 11.6. The van der Waals surface area contributed by atoms with Gasteiger partial charge in [-0.1, -0.05) is 25.7 Å². The SMILES string of the molecule is O=C1C2CCCN2C(=O)CCN1C1CCCCCC1. The molecule has 1 atom stereocenters. The highest BCUT2D eigenvalue weighted by molar-refractivity contribution is 5.90. The van der Waals surface area contributed by atoms with Gasteiger partial charge in [0.1, 0.15) is 6.04 Å². The van der Waals surface area contributed by atoms with Crippen LogP contribution in [-0.4, -0.2) is 46.8 Å². The minimum absolute atomic E-state index is 0.141. The summed E-state index contributed by atoms with van der Waals surface area (Å²) in [6.45, 7) is 1.43. The van der Waals surface area contributed by atoms with Crippen molar-refractivity contribution < 1.29 is 9.59 Å². The van der Waals surface area contributed by atoms with Gasteiger partial charge in [-0.2, -0.15) is 0 Å². The van der Waals surface area contributed by atoms with E-state index in [0.29, 0.717) is 19.0 Å². The Hall–Kier alpha value is -1.06. The fourth-order valence-corrected chi connectivity index (χ4v) is 3.92. The molecule has 0 aromatic heterocycles. The molecule has 2 aliphatic heterocycles. The Bertz CT molecular complexity index is 361. The Balaban J connectivity index is 1.77.